The third kappa shape index (κ3) is 1.66. The standard InChI is InChI=1S/C14H15BrO3/c1-8(2-5-16)11-9-3-6-18-14(9)12(15)10-4-7-17-13(10)11/h5,8H,2-4,6-7H2,1H3. The minimum Gasteiger partial charge on any atom is -0.493 e. The van der Waals surface area contributed by atoms with Gasteiger partial charge < -0.3 is 14.3 Å². The number of ether oxygens (including phenoxy) is 2. The van der Waals surface area contributed by atoms with Crippen LogP contribution in [0.25, 0.3) is 0 Å². The minimum absolute atomic E-state index is 0.192. The zero-order valence-corrected chi connectivity index (χ0v) is 11.9. The predicted octanol–water partition coefficient (Wildman–Crippen LogP) is 3.01. The summed E-state index contributed by atoms with van der Waals surface area (Å²) in [5, 5.41) is 0. The summed E-state index contributed by atoms with van der Waals surface area (Å²) in [5.74, 6) is 2.14. The van der Waals surface area contributed by atoms with E-state index in [1.54, 1.807) is 0 Å². The number of aldehydes is 1. The fraction of sp³-hybridized carbons (Fsp3) is 0.500. The summed E-state index contributed by atoms with van der Waals surface area (Å²) in [6.45, 7) is 3.52. The predicted molar refractivity (Wildman–Crippen MR) is 71.6 cm³/mol. The van der Waals surface area contributed by atoms with Gasteiger partial charge in [0.2, 0.25) is 0 Å². The van der Waals surface area contributed by atoms with Gasteiger partial charge in [-0.25, -0.2) is 0 Å². The topological polar surface area (TPSA) is 35.5 Å². The van der Waals surface area contributed by atoms with Crippen LogP contribution in [0.5, 0.6) is 11.5 Å². The first-order chi connectivity index (χ1) is 8.74. The molecule has 3 nitrogen and oxygen atoms in total. The molecule has 0 aromatic heterocycles. The van der Waals surface area contributed by atoms with Gasteiger partial charge in [-0.3, -0.25) is 0 Å². The Morgan fingerprint density at radius 1 is 1.22 bits per heavy atom. The average Bonchev–Trinajstić information content (AvgIpc) is 2.97. The van der Waals surface area contributed by atoms with Gasteiger partial charge in [-0.05, 0) is 21.8 Å². The van der Waals surface area contributed by atoms with Gasteiger partial charge in [0.15, 0.2) is 0 Å². The molecule has 18 heavy (non-hydrogen) atoms. The number of hydrogen-bond donors (Lipinski definition) is 0. The quantitative estimate of drug-likeness (QED) is 0.805. The van der Waals surface area contributed by atoms with Crippen molar-refractivity contribution in [1.29, 1.82) is 0 Å². The second-order valence-electron chi connectivity index (χ2n) is 4.84. The van der Waals surface area contributed by atoms with Crippen LogP contribution in [0.15, 0.2) is 4.47 Å². The third-order valence-corrected chi connectivity index (χ3v) is 4.56. The van der Waals surface area contributed by atoms with Crippen LogP contribution in [0.4, 0.5) is 0 Å². The Balaban J connectivity index is 2.20. The molecule has 0 bridgehead atoms. The highest BCUT2D eigenvalue weighted by Crippen LogP contribution is 2.49. The fourth-order valence-electron chi connectivity index (χ4n) is 2.87. The Morgan fingerprint density at radius 2 is 1.89 bits per heavy atom. The van der Waals surface area contributed by atoms with Crippen molar-refractivity contribution in [3.8, 4) is 11.5 Å². The van der Waals surface area contributed by atoms with E-state index in [0.717, 1.165) is 48.3 Å². The molecule has 96 valence electrons. The Bertz CT molecular complexity index is 475. The average molecular weight is 311 g/mol. The molecular weight excluding hydrogens is 296 g/mol. The Morgan fingerprint density at radius 3 is 2.61 bits per heavy atom. The lowest BCUT2D eigenvalue weighted by Crippen LogP contribution is -2.03. The molecule has 4 heteroatoms. The maximum atomic E-state index is 10.8. The molecule has 0 amide bonds. The molecule has 2 aliphatic rings. The van der Waals surface area contributed by atoms with Crippen molar-refractivity contribution in [3.63, 3.8) is 0 Å². The van der Waals surface area contributed by atoms with Crippen LogP contribution in [0.1, 0.15) is 36.0 Å². The molecule has 0 saturated heterocycles. The maximum Gasteiger partial charge on any atom is 0.137 e. The third-order valence-electron chi connectivity index (χ3n) is 3.72. The molecule has 0 saturated carbocycles. The largest absolute Gasteiger partial charge is 0.493 e. The Kier molecular flexibility index (Phi) is 3.06. The van der Waals surface area contributed by atoms with Crippen molar-refractivity contribution in [2.24, 2.45) is 0 Å². The second-order valence-corrected chi connectivity index (χ2v) is 5.64. The van der Waals surface area contributed by atoms with Gasteiger partial charge in [0.05, 0.1) is 17.7 Å². The number of benzene rings is 1. The Labute approximate surface area is 115 Å². The molecule has 1 unspecified atom stereocenters. The van der Waals surface area contributed by atoms with Gasteiger partial charge in [0.1, 0.15) is 17.8 Å². The lowest BCUT2D eigenvalue weighted by Gasteiger charge is -2.18. The zero-order chi connectivity index (χ0) is 12.7. The van der Waals surface area contributed by atoms with Gasteiger partial charge in [0.25, 0.3) is 0 Å². The smallest absolute Gasteiger partial charge is 0.137 e. The van der Waals surface area contributed by atoms with Crippen LogP contribution in [0.3, 0.4) is 0 Å². The van der Waals surface area contributed by atoms with E-state index in [9.17, 15) is 4.79 Å². The van der Waals surface area contributed by atoms with Crippen LogP contribution in [-0.2, 0) is 17.6 Å². The van der Waals surface area contributed by atoms with Gasteiger partial charge >= 0.3 is 0 Å². The highest BCUT2D eigenvalue weighted by Gasteiger charge is 2.32. The molecule has 1 aromatic carbocycles. The number of fused-ring (bicyclic) bond motifs is 2. The molecule has 0 radical (unpaired) electrons. The van der Waals surface area contributed by atoms with Crippen LogP contribution in [0.2, 0.25) is 0 Å². The maximum absolute atomic E-state index is 10.8. The molecule has 3 rings (SSSR count). The van der Waals surface area contributed by atoms with E-state index in [1.165, 1.54) is 16.7 Å². The molecule has 2 aliphatic heterocycles. The van der Waals surface area contributed by atoms with Crippen molar-refractivity contribution in [1.82, 2.24) is 0 Å². The summed E-state index contributed by atoms with van der Waals surface area (Å²) in [4.78, 5) is 10.8. The van der Waals surface area contributed by atoms with E-state index in [2.05, 4.69) is 22.9 Å². The molecule has 0 aliphatic carbocycles. The van der Waals surface area contributed by atoms with E-state index in [4.69, 9.17) is 9.47 Å². The van der Waals surface area contributed by atoms with Gasteiger partial charge in [-0.2, -0.15) is 0 Å². The highest BCUT2D eigenvalue weighted by molar-refractivity contribution is 9.10. The van der Waals surface area contributed by atoms with Crippen molar-refractivity contribution >= 4 is 22.2 Å². The van der Waals surface area contributed by atoms with E-state index in [0.29, 0.717) is 6.42 Å². The van der Waals surface area contributed by atoms with Crippen molar-refractivity contribution in [2.45, 2.75) is 32.1 Å². The van der Waals surface area contributed by atoms with Gasteiger partial charge in [-0.1, -0.05) is 6.92 Å². The van der Waals surface area contributed by atoms with Gasteiger partial charge in [-0.15, -0.1) is 0 Å². The molecule has 0 fully saturated rings. The summed E-state index contributed by atoms with van der Waals surface area (Å²) in [7, 11) is 0. The summed E-state index contributed by atoms with van der Waals surface area (Å²) in [6, 6.07) is 0. The molecule has 0 spiro atoms. The monoisotopic (exact) mass is 310 g/mol. The van der Waals surface area contributed by atoms with E-state index < -0.39 is 0 Å². The van der Waals surface area contributed by atoms with Crippen LogP contribution in [-0.4, -0.2) is 19.5 Å². The van der Waals surface area contributed by atoms with E-state index in [1.807, 2.05) is 0 Å². The van der Waals surface area contributed by atoms with Crippen LogP contribution < -0.4 is 9.47 Å². The second kappa shape index (κ2) is 4.57. The number of rotatable bonds is 3. The molecule has 0 N–H and O–H groups in total. The number of carbonyl (C=O) groups excluding carboxylic acids is 1. The first-order valence-corrected chi connectivity index (χ1v) is 7.09. The lowest BCUT2D eigenvalue weighted by atomic mass is 9.89. The summed E-state index contributed by atoms with van der Waals surface area (Å²) < 4.78 is 12.6. The highest BCUT2D eigenvalue weighted by atomic mass is 79.9. The minimum atomic E-state index is 0.192. The zero-order valence-electron chi connectivity index (χ0n) is 10.3. The SMILES string of the molecule is CC(CC=O)c1c2c(c(Br)c3c1OCC3)OCC2. The fourth-order valence-corrected chi connectivity index (χ4v) is 3.60. The first kappa shape index (κ1) is 12.0. The summed E-state index contributed by atoms with van der Waals surface area (Å²) in [5.41, 5.74) is 3.60. The Hall–Kier alpha value is -1.03. The number of hydrogen-bond acceptors (Lipinski definition) is 3. The summed E-state index contributed by atoms with van der Waals surface area (Å²) >= 11 is 3.63. The lowest BCUT2D eigenvalue weighted by molar-refractivity contribution is -0.108. The summed E-state index contributed by atoms with van der Waals surface area (Å²) in [6.07, 6.45) is 3.33. The molecular formula is C14H15BrO3. The first-order valence-electron chi connectivity index (χ1n) is 6.30. The van der Waals surface area contributed by atoms with Gasteiger partial charge in [0, 0.05) is 36.0 Å². The normalized spacial score (nSPS) is 17.7. The van der Waals surface area contributed by atoms with E-state index >= 15 is 0 Å². The van der Waals surface area contributed by atoms with Crippen molar-refractivity contribution in [2.75, 3.05) is 13.2 Å². The van der Waals surface area contributed by atoms with E-state index in [-0.39, 0.29) is 5.92 Å². The van der Waals surface area contributed by atoms with Crippen molar-refractivity contribution < 1.29 is 14.3 Å². The number of carbonyl (C=O) groups is 1. The number of halogens is 1. The molecule has 2 heterocycles. The van der Waals surface area contributed by atoms with Crippen LogP contribution >= 0.6 is 15.9 Å². The molecule has 1 aromatic rings. The van der Waals surface area contributed by atoms with Crippen molar-refractivity contribution in [3.05, 3.63) is 21.2 Å². The van der Waals surface area contributed by atoms with Crippen LogP contribution in [0, 0.1) is 0 Å². The molecule has 1 atom stereocenters.